The fraction of sp³-hybridized carbons (Fsp3) is 0. The third-order valence-corrected chi connectivity index (χ3v) is 1.69. The van der Waals surface area contributed by atoms with Crippen molar-refractivity contribution in [3.63, 3.8) is 0 Å². The summed E-state index contributed by atoms with van der Waals surface area (Å²) in [6, 6.07) is 7.67. The van der Waals surface area contributed by atoms with E-state index in [1.54, 1.807) is 18.7 Å². The van der Waals surface area contributed by atoms with E-state index in [9.17, 15) is 0 Å². The van der Waals surface area contributed by atoms with Crippen LogP contribution in [-0.4, -0.2) is 4.98 Å². The predicted octanol–water partition coefficient (Wildman–Crippen LogP) is 2.85. The van der Waals surface area contributed by atoms with Crippen molar-refractivity contribution in [2.75, 3.05) is 0 Å². The first-order valence-corrected chi connectivity index (χ1v) is 4.07. The molecule has 2 heterocycles. The fourth-order valence-corrected chi connectivity index (χ4v) is 1.04. The Balaban J connectivity index is 2.15. The lowest BCUT2D eigenvalue weighted by atomic mass is 10.2. The maximum Gasteiger partial charge on any atom is 0.126 e. The van der Waals surface area contributed by atoms with Crippen LogP contribution in [0.2, 0.25) is 0 Å². The van der Waals surface area contributed by atoms with Crippen molar-refractivity contribution in [2.45, 2.75) is 0 Å². The second kappa shape index (κ2) is 3.72. The minimum absolute atomic E-state index is 0.858. The molecule has 2 nitrogen and oxygen atoms in total. The van der Waals surface area contributed by atoms with E-state index in [4.69, 9.17) is 4.42 Å². The highest BCUT2D eigenvalue weighted by Gasteiger charge is 1.87. The molecule has 0 spiro atoms. The average Bonchev–Trinajstić information content (AvgIpc) is 2.69. The first kappa shape index (κ1) is 7.80. The lowest BCUT2D eigenvalue weighted by molar-refractivity contribution is 0.557. The first-order chi connectivity index (χ1) is 6.45. The number of pyridine rings is 1. The zero-order chi connectivity index (χ0) is 8.93. The van der Waals surface area contributed by atoms with Crippen molar-refractivity contribution in [1.82, 2.24) is 4.98 Å². The Labute approximate surface area is 76.5 Å². The molecule has 13 heavy (non-hydrogen) atoms. The van der Waals surface area contributed by atoms with Gasteiger partial charge < -0.3 is 4.42 Å². The van der Waals surface area contributed by atoms with Crippen molar-refractivity contribution in [3.8, 4) is 0 Å². The smallest absolute Gasteiger partial charge is 0.126 e. The van der Waals surface area contributed by atoms with Gasteiger partial charge in [-0.3, -0.25) is 4.98 Å². The van der Waals surface area contributed by atoms with E-state index in [1.165, 1.54) is 0 Å². The summed E-state index contributed by atoms with van der Waals surface area (Å²) < 4.78 is 5.15. The van der Waals surface area contributed by atoms with Gasteiger partial charge in [0, 0.05) is 12.4 Å². The molecule has 0 amide bonds. The molecule has 0 bridgehead atoms. The third-order valence-electron chi connectivity index (χ3n) is 1.69. The van der Waals surface area contributed by atoms with Crippen molar-refractivity contribution in [3.05, 3.63) is 54.2 Å². The van der Waals surface area contributed by atoms with Gasteiger partial charge in [-0.2, -0.15) is 0 Å². The molecule has 2 aromatic heterocycles. The van der Waals surface area contributed by atoms with Crippen LogP contribution in [0.4, 0.5) is 0 Å². The van der Waals surface area contributed by atoms with Crippen LogP contribution in [0.25, 0.3) is 12.2 Å². The molecule has 0 fully saturated rings. The summed E-state index contributed by atoms with van der Waals surface area (Å²) in [5.41, 5.74) is 1.12. The minimum atomic E-state index is 0.858. The molecule has 2 aromatic rings. The Bertz CT molecular complexity index is 376. The average molecular weight is 171 g/mol. The Hall–Kier alpha value is -1.83. The third kappa shape index (κ3) is 2.06. The number of furan rings is 1. The van der Waals surface area contributed by atoms with Gasteiger partial charge in [0.2, 0.25) is 0 Å². The first-order valence-electron chi connectivity index (χ1n) is 4.07. The van der Waals surface area contributed by atoms with Gasteiger partial charge in [-0.25, -0.2) is 0 Å². The lowest BCUT2D eigenvalue weighted by Crippen LogP contribution is -1.71. The number of rotatable bonds is 2. The Morgan fingerprint density at radius 2 is 1.92 bits per heavy atom. The molecule has 0 radical (unpaired) electrons. The van der Waals surface area contributed by atoms with Crippen LogP contribution in [0.5, 0.6) is 0 Å². The quantitative estimate of drug-likeness (QED) is 0.694. The monoisotopic (exact) mass is 171 g/mol. The van der Waals surface area contributed by atoms with Crippen molar-refractivity contribution >= 4 is 12.2 Å². The highest BCUT2D eigenvalue weighted by Crippen LogP contribution is 2.06. The van der Waals surface area contributed by atoms with E-state index in [-0.39, 0.29) is 0 Å². The van der Waals surface area contributed by atoms with Gasteiger partial charge in [0.15, 0.2) is 0 Å². The SMILES string of the molecule is C(=C\c1ccco1)/c1ccncc1. The fourth-order valence-electron chi connectivity index (χ4n) is 1.04. The van der Waals surface area contributed by atoms with Crippen LogP contribution in [-0.2, 0) is 0 Å². The number of aromatic nitrogens is 1. The molecule has 2 heteroatoms. The van der Waals surface area contributed by atoms with Gasteiger partial charge in [-0.15, -0.1) is 0 Å². The molecule has 64 valence electrons. The molecule has 0 unspecified atom stereocenters. The second-order valence-electron chi connectivity index (χ2n) is 2.63. The molecule has 0 aliphatic carbocycles. The van der Waals surface area contributed by atoms with E-state index in [0.29, 0.717) is 0 Å². The summed E-state index contributed by atoms with van der Waals surface area (Å²) in [7, 11) is 0. The standard InChI is InChI=1S/C11H9NO/c1-2-11(13-9-1)4-3-10-5-7-12-8-6-10/h1-9H/b4-3+. The van der Waals surface area contributed by atoms with Gasteiger partial charge in [0.25, 0.3) is 0 Å². The highest BCUT2D eigenvalue weighted by molar-refractivity contribution is 5.66. The summed E-state index contributed by atoms with van der Waals surface area (Å²) in [5.74, 6) is 0.858. The number of nitrogens with zero attached hydrogens (tertiary/aromatic N) is 1. The summed E-state index contributed by atoms with van der Waals surface area (Å²) in [5, 5.41) is 0. The molecule has 2 rings (SSSR count). The van der Waals surface area contributed by atoms with Crippen LogP contribution in [0, 0.1) is 0 Å². The van der Waals surface area contributed by atoms with E-state index in [1.807, 2.05) is 36.4 Å². The molecule has 0 saturated carbocycles. The van der Waals surface area contributed by atoms with Crippen molar-refractivity contribution < 1.29 is 4.42 Å². The topological polar surface area (TPSA) is 26.0 Å². The maximum atomic E-state index is 5.15. The number of hydrogen-bond donors (Lipinski definition) is 0. The summed E-state index contributed by atoms with van der Waals surface area (Å²) in [6.07, 6.45) is 9.10. The predicted molar refractivity (Wildman–Crippen MR) is 51.9 cm³/mol. The normalized spacial score (nSPS) is 10.8. The van der Waals surface area contributed by atoms with Crippen LogP contribution in [0.3, 0.4) is 0 Å². The van der Waals surface area contributed by atoms with Crippen molar-refractivity contribution in [2.24, 2.45) is 0 Å². The Kier molecular flexibility index (Phi) is 2.23. The van der Waals surface area contributed by atoms with Crippen LogP contribution < -0.4 is 0 Å². The number of hydrogen-bond acceptors (Lipinski definition) is 2. The maximum absolute atomic E-state index is 5.15. The lowest BCUT2D eigenvalue weighted by Gasteiger charge is -1.88. The molecule has 0 atom stereocenters. The highest BCUT2D eigenvalue weighted by atomic mass is 16.3. The zero-order valence-corrected chi connectivity index (χ0v) is 7.05. The van der Waals surface area contributed by atoms with Gasteiger partial charge in [-0.1, -0.05) is 6.08 Å². The van der Waals surface area contributed by atoms with E-state index >= 15 is 0 Å². The molecular formula is C11H9NO. The summed E-state index contributed by atoms with van der Waals surface area (Å²) >= 11 is 0. The molecule has 0 aromatic carbocycles. The van der Waals surface area contributed by atoms with Gasteiger partial charge in [0.1, 0.15) is 5.76 Å². The van der Waals surface area contributed by atoms with E-state index in [2.05, 4.69) is 4.98 Å². The summed E-state index contributed by atoms with van der Waals surface area (Å²) in [4.78, 5) is 3.93. The van der Waals surface area contributed by atoms with Crippen LogP contribution in [0.1, 0.15) is 11.3 Å². The molecule has 0 saturated heterocycles. The van der Waals surface area contributed by atoms with Crippen molar-refractivity contribution in [1.29, 1.82) is 0 Å². The zero-order valence-electron chi connectivity index (χ0n) is 7.05. The Morgan fingerprint density at radius 3 is 2.62 bits per heavy atom. The van der Waals surface area contributed by atoms with Crippen LogP contribution in [0.15, 0.2) is 47.3 Å². The molecule has 0 aliphatic rings. The minimum Gasteiger partial charge on any atom is -0.465 e. The van der Waals surface area contributed by atoms with Gasteiger partial charge >= 0.3 is 0 Å². The second-order valence-corrected chi connectivity index (χ2v) is 2.63. The van der Waals surface area contributed by atoms with E-state index < -0.39 is 0 Å². The van der Waals surface area contributed by atoms with Gasteiger partial charge in [0.05, 0.1) is 6.26 Å². The largest absolute Gasteiger partial charge is 0.465 e. The summed E-state index contributed by atoms with van der Waals surface area (Å²) in [6.45, 7) is 0. The van der Waals surface area contributed by atoms with Crippen LogP contribution >= 0.6 is 0 Å². The molecule has 0 aliphatic heterocycles. The molecule has 0 N–H and O–H groups in total. The molecular weight excluding hydrogens is 162 g/mol. The van der Waals surface area contributed by atoms with E-state index in [0.717, 1.165) is 11.3 Å². The van der Waals surface area contributed by atoms with Gasteiger partial charge in [-0.05, 0) is 35.9 Å². The Morgan fingerprint density at radius 1 is 1.08 bits per heavy atom.